The average Bonchev–Trinajstić information content (AvgIpc) is 2.95. The van der Waals surface area contributed by atoms with Crippen molar-refractivity contribution in [3.05, 3.63) is 35.0 Å². The van der Waals surface area contributed by atoms with Crippen LogP contribution in [0.2, 0.25) is 0 Å². The molecule has 0 fully saturated rings. The molecule has 8 nitrogen and oxygen atoms in total. The number of benzene rings is 1. The van der Waals surface area contributed by atoms with E-state index < -0.39 is 5.97 Å². The summed E-state index contributed by atoms with van der Waals surface area (Å²) in [6.07, 6.45) is 0.252. The number of esters is 1. The number of ether oxygens (including phenoxy) is 3. The number of methoxy groups -OCH3 is 2. The van der Waals surface area contributed by atoms with Gasteiger partial charge in [-0.3, -0.25) is 9.59 Å². The van der Waals surface area contributed by atoms with Crippen molar-refractivity contribution < 1.29 is 23.8 Å². The number of carbonyl (C=O) groups excluding carboxylic acids is 2. The number of rotatable bonds is 6. The summed E-state index contributed by atoms with van der Waals surface area (Å²) >= 11 is 0. The molecule has 27 heavy (non-hydrogen) atoms. The van der Waals surface area contributed by atoms with E-state index in [1.807, 2.05) is 25.1 Å². The van der Waals surface area contributed by atoms with Crippen LogP contribution in [0.4, 0.5) is 5.82 Å². The minimum Gasteiger partial charge on any atom is -0.497 e. The van der Waals surface area contributed by atoms with Crippen molar-refractivity contribution in [2.45, 2.75) is 32.7 Å². The molecule has 0 spiro atoms. The van der Waals surface area contributed by atoms with Crippen LogP contribution in [0.3, 0.4) is 0 Å². The number of hydrogen-bond donors (Lipinski definition) is 1. The number of hydrogen-bond acceptors (Lipinski definition) is 6. The lowest BCUT2D eigenvalue weighted by atomic mass is 9.85. The molecule has 144 valence electrons. The molecule has 1 aromatic carbocycles. The Morgan fingerprint density at radius 2 is 2.11 bits per heavy atom. The van der Waals surface area contributed by atoms with Crippen molar-refractivity contribution >= 4 is 17.7 Å². The van der Waals surface area contributed by atoms with Crippen LogP contribution in [-0.4, -0.2) is 42.5 Å². The fraction of sp³-hybridized carbons (Fsp3) is 0.421. The van der Waals surface area contributed by atoms with Crippen LogP contribution in [0.25, 0.3) is 0 Å². The van der Waals surface area contributed by atoms with Crippen LogP contribution >= 0.6 is 0 Å². The first kappa shape index (κ1) is 18.8. The van der Waals surface area contributed by atoms with Crippen molar-refractivity contribution in [1.82, 2.24) is 9.78 Å². The van der Waals surface area contributed by atoms with E-state index in [2.05, 4.69) is 10.4 Å². The summed E-state index contributed by atoms with van der Waals surface area (Å²) in [5.74, 6) is 1.05. The smallest absolute Gasteiger partial charge is 0.327 e. The fourth-order valence-electron chi connectivity index (χ4n) is 3.44. The predicted molar refractivity (Wildman–Crippen MR) is 98.2 cm³/mol. The summed E-state index contributed by atoms with van der Waals surface area (Å²) in [5, 5.41) is 7.30. The van der Waals surface area contributed by atoms with E-state index in [4.69, 9.17) is 14.2 Å². The Morgan fingerprint density at radius 3 is 2.78 bits per heavy atom. The summed E-state index contributed by atoms with van der Waals surface area (Å²) in [7, 11) is 3.18. The molecule has 1 aliphatic heterocycles. The van der Waals surface area contributed by atoms with Gasteiger partial charge in [-0.05, 0) is 32.0 Å². The Labute approximate surface area is 157 Å². The van der Waals surface area contributed by atoms with Gasteiger partial charge >= 0.3 is 5.97 Å². The first-order chi connectivity index (χ1) is 13.0. The normalized spacial score (nSPS) is 15.7. The van der Waals surface area contributed by atoms with Gasteiger partial charge in [0.15, 0.2) is 0 Å². The first-order valence-corrected chi connectivity index (χ1v) is 8.73. The van der Waals surface area contributed by atoms with Crippen LogP contribution in [-0.2, 0) is 20.9 Å². The maximum Gasteiger partial charge on any atom is 0.327 e. The van der Waals surface area contributed by atoms with Gasteiger partial charge in [0, 0.05) is 23.5 Å². The van der Waals surface area contributed by atoms with Gasteiger partial charge in [-0.1, -0.05) is 0 Å². The van der Waals surface area contributed by atoms with Crippen LogP contribution in [0.5, 0.6) is 11.5 Å². The van der Waals surface area contributed by atoms with Crippen molar-refractivity contribution in [2.75, 3.05) is 26.1 Å². The van der Waals surface area contributed by atoms with Crippen molar-refractivity contribution in [2.24, 2.45) is 0 Å². The lowest BCUT2D eigenvalue weighted by molar-refractivity contribution is -0.144. The molecule has 1 N–H and O–H groups in total. The molecule has 0 radical (unpaired) electrons. The van der Waals surface area contributed by atoms with Gasteiger partial charge in [-0.15, -0.1) is 0 Å². The van der Waals surface area contributed by atoms with E-state index in [9.17, 15) is 9.59 Å². The molecule has 1 aromatic heterocycles. The Kier molecular flexibility index (Phi) is 5.34. The summed E-state index contributed by atoms with van der Waals surface area (Å²) < 4.78 is 17.3. The summed E-state index contributed by atoms with van der Waals surface area (Å²) in [4.78, 5) is 24.3. The van der Waals surface area contributed by atoms with Gasteiger partial charge in [-0.25, -0.2) is 4.68 Å². The minimum atomic E-state index is -0.405. The van der Waals surface area contributed by atoms with Crippen molar-refractivity contribution in [3.8, 4) is 11.5 Å². The Morgan fingerprint density at radius 1 is 1.33 bits per heavy atom. The van der Waals surface area contributed by atoms with Crippen LogP contribution in [0.1, 0.15) is 36.1 Å². The van der Waals surface area contributed by atoms with Crippen molar-refractivity contribution in [3.63, 3.8) is 0 Å². The number of nitrogens with one attached hydrogen (secondary N) is 1. The molecule has 8 heteroatoms. The van der Waals surface area contributed by atoms with E-state index in [0.717, 1.165) is 16.8 Å². The van der Waals surface area contributed by atoms with Gasteiger partial charge in [-0.2, -0.15) is 5.10 Å². The monoisotopic (exact) mass is 373 g/mol. The van der Waals surface area contributed by atoms with Gasteiger partial charge in [0.1, 0.15) is 23.9 Å². The number of aromatic nitrogens is 2. The molecule has 1 aliphatic rings. The first-order valence-electron chi connectivity index (χ1n) is 8.73. The lowest BCUT2D eigenvalue weighted by Gasteiger charge is -2.26. The third-order valence-corrected chi connectivity index (χ3v) is 4.57. The summed E-state index contributed by atoms with van der Waals surface area (Å²) in [6, 6.07) is 5.50. The fourth-order valence-corrected chi connectivity index (χ4v) is 3.44. The van der Waals surface area contributed by atoms with Crippen LogP contribution in [0, 0.1) is 6.92 Å². The SMILES string of the molecule is CCOC(=O)Cn1nc(C)c2c1NC(=O)C[C@@H]2c1cc(OC)ccc1OC. The zero-order chi connectivity index (χ0) is 19.6. The Bertz CT molecular complexity index is 874. The maximum absolute atomic E-state index is 12.4. The second-order valence-corrected chi connectivity index (χ2v) is 6.22. The number of nitrogens with zero attached hydrogens (tertiary/aromatic N) is 2. The molecule has 2 aromatic rings. The average molecular weight is 373 g/mol. The largest absolute Gasteiger partial charge is 0.497 e. The topological polar surface area (TPSA) is 91.7 Å². The molecule has 2 heterocycles. The number of fused-ring (bicyclic) bond motifs is 1. The number of aryl methyl sites for hydroxylation is 1. The van der Waals surface area contributed by atoms with Crippen LogP contribution in [0.15, 0.2) is 18.2 Å². The van der Waals surface area contributed by atoms with E-state index in [1.54, 1.807) is 21.1 Å². The van der Waals surface area contributed by atoms with Crippen molar-refractivity contribution in [1.29, 1.82) is 0 Å². The van der Waals surface area contributed by atoms with E-state index in [-0.39, 0.29) is 31.4 Å². The second kappa shape index (κ2) is 7.69. The molecule has 0 bridgehead atoms. The molecular weight excluding hydrogens is 350 g/mol. The molecule has 3 rings (SSSR count). The zero-order valence-electron chi connectivity index (χ0n) is 15.9. The summed E-state index contributed by atoms with van der Waals surface area (Å²) in [5.41, 5.74) is 2.45. The lowest BCUT2D eigenvalue weighted by Crippen LogP contribution is -2.26. The molecule has 0 saturated heterocycles. The van der Waals surface area contributed by atoms with E-state index in [0.29, 0.717) is 17.3 Å². The Balaban J connectivity index is 2.08. The quantitative estimate of drug-likeness (QED) is 0.781. The van der Waals surface area contributed by atoms with Gasteiger partial charge in [0.2, 0.25) is 5.91 Å². The highest BCUT2D eigenvalue weighted by Crippen LogP contribution is 2.43. The Hall–Kier alpha value is -3.03. The molecule has 1 atom stereocenters. The van der Waals surface area contributed by atoms with Gasteiger partial charge < -0.3 is 19.5 Å². The highest BCUT2D eigenvalue weighted by molar-refractivity contribution is 5.95. The highest BCUT2D eigenvalue weighted by Gasteiger charge is 2.34. The number of carbonyl (C=O) groups is 2. The molecule has 0 unspecified atom stereocenters. The third kappa shape index (κ3) is 3.60. The predicted octanol–water partition coefficient (Wildman–Crippen LogP) is 2.25. The highest BCUT2D eigenvalue weighted by atomic mass is 16.5. The van der Waals surface area contributed by atoms with E-state index in [1.165, 1.54) is 4.68 Å². The molecular formula is C19H23N3O5. The van der Waals surface area contributed by atoms with E-state index >= 15 is 0 Å². The third-order valence-electron chi connectivity index (χ3n) is 4.57. The molecule has 1 amide bonds. The molecule has 0 saturated carbocycles. The second-order valence-electron chi connectivity index (χ2n) is 6.22. The van der Waals surface area contributed by atoms with Gasteiger partial charge in [0.25, 0.3) is 0 Å². The number of amides is 1. The minimum absolute atomic E-state index is 0.0632. The van der Waals surface area contributed by atoms with Gasteiger partial charge in [0.05, 0.1) is 26.5 Å². The maximum atomic E-state index is 12.4. The summed E-state index contributed by atoms with van der Waals surface area (Å²) in [6.45, 7) is 3.83. The molecule has 0 aliphatic carbocycles. The standard InChI is InChI=1S/C19H23N3O5/c1-5-27-17(24)10-22-19-18(11(2)21-22)14(9-16(23)20-19)13-8-12(25-3)6-7-15(13)26-4/h6-8,14H,5,9-10H2,1-4H3,(H,20,23)/t14-/m1/s1. The van der Waals surface area contributed by atoms with Crippen LogP contribution < -0.4 is 14.8 Å². The zero-order valence-corrected chi connectivity index (χ0v) is 15.9. The number of anilines is 1.